The lowest BCUT2D eigenvalue weighted by atomic mass is 9.69. The topological polar surface area (TPSA) is 12.0 Å². The fourth-order valence-corrected chi connectivity index (χ4v) is 4.93. The predicted octanol–water partition coefficient (Wildman–Crippen LogP) is 4.63. The second kappa shape index (κ2) is 6.41. The van der Waals surface area contributed by atoms with Crippen LogP contribution in [0.25, 0.3) is 0 Å². The molecule has 4 unspecified atom stereocenters. The highest BCUT2D eigenvalue weighted by molar-refractivity contribution is 7.07. The fourth-order valence-electron chi connectivity index (χ4n) is 4.25. The Morgan fingerprint density at radius 1 is 1.21 bits per heavy atom. The molecular weight excluding hydrogens is 250 g/mol. The Morgan fingerprint density at radius 2 is 2.05 bits per heavy atom. The molecule has 1 aromatic heterocycles. The smallest absolute Gasteiger partial charge is 0.00820 e. The second-order valence-corrected chi connectivity index (χ2v) is 7.50. The summed E-state index contributed by atoms with van der Waals surface area (Å²) in [5.74, 6) is 2.10. The third-order valence-electron chi connectivity index (χ3n) is 5.18. The third-order valence-corrected chi connectivity index (χ3v) is 5.91. The van der Waals surface area contributed by atoms with Crippen molar-refractivity contribution in [1.29, 1.82) is 0 Å². The van der Waals surface area contributed by atoms with Crippen molar-refractivity contribution in [3.63, 3.8) is 0 Å². The standard InChI is InChI=1S/C17H27NS/c1-13(10-14-8-9-19-12-14)18-17-7-6-15-4-2-3-5-16(15)11-17/h8-9,12-13,15-18H,2-7,10-11H2,1H3. The van der Waals surface area contributed by atoms with E-state index in [1.165, 1.54) is 56.9 Å². The van der Waals surface area contributed by atoms with E-state index in [0.717, 1.165) is 17.9 Å². The maximum atomic E-state index is 3.89. The van der Waals surface area contributed by atoms with Gasteiger partial charge in [0, 0.05) is 12.1 Å². The number of thiophene rings is 1. The van der Waals surface area contributed by atoms with Crippen LogP contribution in [0.5, 0.6) is 0 Å². The average Bonchev–Trinajstić information content (AvgIpc) is 2.91. The zero-order valence-electron chi connectivity index (χ0n) is 12.1. The van der Waals surface area contributed by atoms with Crippen LogP contribution in [0.15, 0.2) is 16.8 Å². The molecule has 3 rings (SSSR count). The summed E-state index contributed by atoms with van der Waals surface area (Å²) < 4.78 is 0. The van der Waals surface area contributed by atoms with Crippen molar-refractivity contribution in [2.24, 2.45) is 11.8 Å². The molecule has 2 heteroatoms. The summed E-state index contributed by atoms with van der Waals surface area (Å²) in [7, 11) is 0. The second-order valence-electron chi connectivity index (χ2n) is 6.72. The molecule has 0 aromatic carbocycles. The van der Waals surface area contributed by atoms with Crippen LogP contribution in [-0.2, 0) is 6.42 Å². The molecule has 106 valence electrons. The van der Waals surface area contributed by atoms with E-state index in [9.17, 15) is 0 Å². The highest BCUT2D eigenvalue weighted by Gasteiger charge is 2.32. The molecule has 19 heavy (non-hydrogen) atoms. The minimum atomic E-state index is 0.625. The van der Waals surface area contributed by atoms with Crippen molar-refractivity contribution in [2.75, 3.05) is 0 Å². The minimum Gasteiger partial charge on any atom is -0.311 e. The lowest BCUT2D eigenvalue weighted by molar-refractivity contribution is 0.139. The van der Waals surface area contributed by atoms with Gasteiger partial charge in [-0.3, -0.25) is 0 Å². The fraction of sp³-hybridized carbons (Fsp3) is 0.765. The van der Waals surface area contributed by atoms with Gasteiger partial charge in [0.25, 0.3) is 0 Å². The Morgan fingerprint density at radius 3 is 2.84 bits per heavy atom. The monoisotopic (exact) mass is 277 g/mol. The van der Waals surface area contributed by atoms with Crippen molar-refractivity contribution < 1.29 is 0 Å². The molecule has 1 nitrogen and oxygen atoms in total. The molecular formula is C17H27NS. The summed E-state index contributed by atoms with van der Waals surface area (Å²) >= 11 is 1.81. The highest BCUT2D eigenvalue weighted by atomic mass is 32.1. The third kappa shape index (κ3) is 3.61. The van der Waals surface area contributed by atoms with Gasteiger partial charge in [0.15, 0.2) is 0 Å². The first-order chi connectivity index (χ1) is 9.31. The molecule has 0 amide bonds. The number of hydrogen-bond acceptors (Lipinski definition) is 2. The first-order valence-corrected chi connectivity index (χ1v) is 9.02. The van der Waals surface area contributed by atoms with Crippen molar-refractivity contribution in [1.82, 2.24) is 5.32 Å². The largest absolute Gasteiger partial charge is 0.311 e. The van der Waals surface area contributed by atoms with Crippen molar-refractivity contribution in [3.05, 3.63) is 22.4 Å². The van der Waals surface area contributed by atoms with E-state index in [2.05, 4.69) is 29.1 Å². The van der Waals surface area contributed by atoms with E-state index < -0.39 is 0 Å². The quantitative estimate of drug-likeness (QED) is 0.846. The lowest BCUT2D eigenvalue weighted by Gasteiger charge is -2.40. The summed E-state index contributed by atoms with van der Waals surface area (Å²) in [6.07, 6.45) is 11.5. The minimum absolute atomic E-state index is 0.625. The maximum Gasteiger partial charge on any atom is 0.00820 e. The van der Waals surface area contributed by atoms with E-state index >= 15 is 0 Å². The van der Waals surface area contributed by atoms with Gasteiger partial charge < -0.3 is 5.32 Å². The Kier molecular flexibility index (Phi) is 4.60. The molecule has 4 atom stereocenters. The van der Waals surface area contributed by atoms with Crippen LogP contribution in [0.1, 0.15) is 57.4 Å². The van der Waals surface area contributed by atoms with Gasteiger partial charge in [-0.1, -0.05) is 25.7 Å². The molecule has 0 saturated heterocycles. The molecule has 0 aliphatic heterocycles. The summed E-state index contributed by atoms with van der Waals surface area (Å²) in [6.45, 7) is 2.35. The summed E-state index contributed by atoms with van der Waals surface area (Å²) in [6, 6.07) is 3.67. The number of rotatable bonds is 4. The average molecular weight is 277 g/mol. The summed E-state index contributed by atoms with van der Waals surface area (Å²) in [5, 5.41) is 8.37. The highest BCUT2D eigenvalue weighted by Crippen LogP contribution is 2.40. The molecule has 0 spiro atoms. The van der Waals surface area contributed by atoms with Gasteiger partial charge in [-0.2, -0.15) is 11.3 Å². The molecule has 2 fully saturated rings. The van der Waals surface area contributed by atoms with Gasteiger partial charge in [0.05, 0.1) is 0 Å². The van der Waals surface area contributed by atoms with E-state index in [4.69, 9.17) is 0 Å². The summed E-state index contributed by atoms with van der Waals surface area (Å²) in [4.78, 5) is 0. The van der Waals surface area contributed by atoms with Gasteiger partial charge in [-0.25, -0.2) is 0 Å². The van der Waals surface area contributed by atoms with Gasteiger partial charge in [-0.05, 0) is 66.8 Å². The van der Waals surface area contributed by atoms with Gasteiger partial charge >= 0.3 is 0 Å². The summed E-state index contributed by atoms with van der Waals surface area (Å²) in [5.41, 5.74) is 1.50. The SMILES string of the molecule is CC(Cc1ccsc1)NC1CCC2CCCCC2C1. The first-order valence-electron chi connectivity index (χ1n) is 8.08. The van der Waals surface area contributed by atoms with E-state index in [-0.39, 0.29) is 0 Å². The molecule has 2 aliphatic rings. The molecule has 1 N–H and O–H groups in total. The normalized spacial score (nSPS) is 32.8. The van der Waals surface area contributed by atoms with Crippen LogP contribution in [0.3, 0.4) is 0 Å². The van der Waals surface area contributed by atoms with Crippen LogP contribution < -0.4 is 5.32 Å². The van der Waals surface area contributed by atoms with Crippen LogP contribution >= 0.6 is 11.3 Å². The van der Waals surface area contributed by atoms with Crippen LogP contribution in [0.2, 0.25) is 0 Å². The van der Waals surface area contributed by atoms with Crippen molar-refractivity contribution >= 4 is 11.3 Å². The first kappa shape index (κ1) is 13.6. The Bertz CT molecular complexity index is 373. The van der Waals surface area contributed by atoms with Gasteiger partial charge in [0.1, 0.15) is 0 Å². The molecule has 1 aromatic rings. The zero-order valence-corrected chi connectivity index (χ0v) is 12.9. The zero-order chi connectivity index (χ0) is 13.1. The molecule has 2 saturated carbocycles. The van der Waals surface area contributed by atoms with Crippen LogP contribution in [-0.4, -0.2) is 12.1 Å². The molecule has 0 bridgehead atoms. The molecule has 2 aliphatic carbocycles. The van der Waals surface area contributed by atoms with Gasteiger partial charge in [0.2, 0.25) is 0 Å². The predicted molar refractivity (Wildman–Crippen MR) is 83.7 cm³/mol. The van der Waals surface area contributed by atoms with E-state index in [1.54, 1.807) is 0 Å². The number of nitrogens with one attached hydrogen (secondary N) is 1. The molecule has 1 heterocycles. The van der Waals surface area contributed by atoms with Crippen molar-refractivity contribution in [3.8, 4) is 0 Å². The van der Waals surface area contributed by atoms with Crippen molar-refractivity contribution in [2.45, 2.75) is 70.4 Å². The Balaban J connectivity index is 1.47. The maximum absolute atomic E-state index is 3.89. The lowest BCUT2D eigenvalue weighted by Crippen LogP contribution is -2.43. The Hall–Kier alpha value is -0.340. The number of hydrogen-bond donors (Lipinski definition) is 1. The van der Waals surface area contributed by atoms with Crippen LogP contribution in [0.4, 0.5) is 0 Å². The molecule has 0 radical (unpaired) electrons. The van der Waals surface area contributed by atoms with Crippen LogP contribution in [0, 0.1) is 11.8 Å². The van der Waals surface area contributed by atoms with E-state index in [1.807, 2.05) is 11.3 Å². The van der Waals surface area contributed by atoms with E-state index in [0.29, 0.717) is 6.04 Å². The number of fused-ring (bicyclic) bond motifs is 1. The Labute approximate surface area is 121 Å². The van der Waals surface area contributed by atoms with Gasteiger partial charge in [-0.15, -0.1) is 0 Å².